The Bertz CT molecular complexity index is 845. The second-order valence-corrected chi connectivity index (χ2v) is 5.91. The third-order valence-electron chi connectivity index (χ3n) is 3.68. The molecule has 1 amide bonds. The Morgan fingerprint density at radius 3 is 2.32 bits per heavy atom. The molecule has 0 aliphatic rings. The van der Waals surface area contributed by atoms with Crippen molar-refractivity contribution in [2.75, 3.05) is 10.7 Å². The summed E-state index contributed by atoms with van der Waals surface area (Å²) in [5.41, 5.74) is 5.35. The number of aliphatic carboxylic acids is 1. The van der Waals surface area contributed by atoms with Gasteiger partial charge in [0.15, 0.2) is 11.9 Å². The van der Waals surface area contributed by atoms with Crippen molar-refractivity contribution in [2.24, 2.45) is 5.92 Å². The minimum Gasteiger partial charge on any atom is -0.480 e. The van der Waals surface area contributed by atoms with E-state index in [-0.39, 0.29) is 11.5 Å². The fourth-order valence-electron chi connectivity index (χ4n) is 2.58. The van der Waals surface area contributed by atoms with Crippen molar-refractivity contribution in [3.63, 3.8) is 0 Å². The van der Waals surface area contributed by atoms with Gasteiger partial charge in [0.25, 0.3) is 5.56 Å². The van der Waals surface area contributed by atoms with Gasteiger partial charge in [0.1, 0.15) is 5.69 Å². The molecule has 25 heavy (non-hydrogen) atoms. The molecule has 0 saturated carbocycles. The molecule has 0 bridgehead atoms. The van der Waals surface area contributed by atoms with Gasteiger partial charge >= 0.3 is 5.97 Å². The highest BCUT2D eigenvalue weighted by atomic mass is 16.4. The fraction of sp³-hybridized carbons (Fsp3) is 0.294. The summed E-state index contributed by atoms with van der Waals surface area (Å²) in [5, 5.41) is 10.5. The van der Waals surface area contributed by atoms with Crippen LogP contribution in [0.25, 0.3) is 11.4 Å². The molecule has 1 aromatic carbocycles. The van der Waals surface area contributed by atoms with E-state index in [1.807, 2.05) is 0 Å². The van der Waals surface area contributed by atoms with Crippen LogP contribution in [0.15, 0.2) is 41.3 Å². The molecule has 1 aromatic heterocycles. The zero-order valence-corrected chi connectivity index (χ0v) is 14.2. The van der Waals surface area contributed by atoms with Crippen molar-refractivity contribution in [2.45, 2.75) is 26.8 Å². The summed E-state index contributed by atoms with van der Waals surface area (Å²) in [6.07, 6.45) is 1.20. The Labute approximate surface area is 144 Å². The van der Waals surface area contributed by atoms with Crippen LogP contribution in [-0.2, 0) is 9.59 Å². The molecule has 3 N–H and O–H groups in total. The quantitative estimate of drug-likeness (QED) is 0.838. The Kier molecular flexibility index (Phi) is 5.21. The second kappa shape index (κ2) is 7.16. The molecule has 2 aromatic rings. The average Bonchev–Trinajstić information content (AvgIpc) is 2.55. The largest absolute Gasteiger partial charge is 0.480 e. The molecule has 0 fully saturated rings. The molecule has 0 radical (unpaired) electrons. The summed E-state index contributed by atoms with van der Waals surface area (Å²) in [6.45, 7) is 4.51. The van der Waals surface area contributed by atoms with Crippen LogP contribution in [0.5, 0.6) is 0 Å². The first-order chi connectivity index (χ1) is 11.8. The van der Waals surface area contributed by atoms with Crippen molar-refractivity contribution in [1.29, 1.82) is 0 Å². The van der Waals surface area contributed by atoms with Gasteiger partial charge < -0.3 is 10.8 Å². The Hall–Kier alpha value is -3.16. The maximum absolute atomic E-state index is 12.7. The molecule has 132 valence electrons. The van der Waals surface area contributed by atoms with Crippen LogP contribution in [0.1, 0.15) is 20.8 Å². The number of carboxylic acids is 1. The van der Waals surface area contributed by atoms with E-state index in [0.29, 0.717) is 5.56 Å². The maximum Gasteiger partial charge on any atom is 0.328 e. The summed E-state index contributed by atoms with van der Waals surface area (Å²) < 4.78 is 0.950. The smallest absolute Gasteiger partial charge is 0.328 e. The van der Waals surface area contributed by atoms with Crippen LogP contribution in [0.4, 0.5) is 5.69 Å². The summed E-state index contributed by atoms with van der Waals surface area (Å²) in [6, 6.07) is 7.45. The highest BCUT2D eigenvalue weighted by Gasteiger charge is 2.34. The number of aromatic nitrogens is 2. The van der Waals surface area contributed by atoms with Crippen molar-refractivity contribution < 1.29 is 14.7 Å². The first-order valence-electron chi connectivity index (χ1n) is 7.71. The molecule has 0 unspecified atom stereocenters. The first-order valence-corrected chi connectivity index (χ1v) is 7.71. The van der Waals surface area contributed by atoms with Crippen LogP contribution in [0.3, 0.4) is 0 Å². The van der Waals surface area contributed by atoms with E-state index in [9.17, 15) is 19.5 Å². The predicted octanol–water partition coefficient (Wildman–Crippen LogP) is 1.09. The molecule has 8 nitrogen and oxygen atoms in total. The lowest BCUT2D eigenvalue weighted by Crippen LogP contribution is -2.57. The molecule has 2 rings (SSSR count). The second-order valence-electron chi connectivity index (χ2n) is 5.91. The van der Waals surface area contributed by atoms with Crippen molar-refractivity contribution >= 4 is 17.6 Å². The number of hydrogen-bond acceptors (Lipinski definition) is 5. The number of carbonyl (C=O) groups is 2. The number of nitrogens with zero attached hydrogens (tertiary/aromatic N) is 3. The van der Waals surface area contributed by atoms with Crippen molar-refractivity contribution in [3.05, 3.63) is 46.9 Å². The summed E-state index contributed by atoms with van der Waals surface area (Å²) in [7, 11) is 0. The number of hydrogen-bond donors (Lipinski definition) is 2. The summed E-state index contributed by atoms with van der Waals surface area (Å²) >= 11 is 0. The maximum atomic E-state index is 12.7. The van der Waals surface area contributed by atoms with Gasteiger partial charge in [0.05, 0.1) is 6.20 Å². The van der Waals surface area contributed by atoms with E-state index in [1.165, 1.54) is 13.1 Å². The molecule has 0 aliphatic carbocycles. The monoisotopic (exact) mass is 344 g/mol. The molecule has 0 aliphatic heterocycles. The normalized spacial score (nSPS) is 12.0. The van der Waals surface area contributed by atoms with Crippen LogP contribution in [0, 0.1) is 5.92 Å². The third-order valence-corrected chi connectivity index (χ3v) is 3.68. The van der Waals surface area contributed by atoms with E-state index in [2.05, 4.69) is 4.98 Å². The van der Waals surface area contributed by atoms with E-state index < -0.39 is 29.4 Å². The van der Waals surface area contributed by atoms with Gasteiger partial charge in [-0.25, -0.2) is 14.8 Å². The lowest BCUT2D eigenvalue weighted by Gasteiger charge is -2.32. The van der Waals surface area contributed by atoms with E-state index in [1.54, 1.807) is 44.2 Å². The van der Waals surface area contributed by atoms with E-state index in [4.69, 9.17) is 5.73 Å². The topological polar surface area (TPSA) is 119 Å². The number of carbonyl (C=O) groups excluding carboxylic acids is 1. The summed E-state index contributed by atoms with van der Waals surface area (Å²) in [5.74, 6) is -2.13. The molecule has 1 heterocycles. The standard InChI is InChI=1S/C17H20N4O4/c1-10(2)14(17(24)25)20(11(3)22)21-15(12-7-5-4-6-8-12)19-9-13(18)16(21)23/h4-10,14H,18H2,1-3H3,(H,24,25)/t14-/m0/s1. The van der Waals surface area contributed by atoms with Crippen LogP contribution in [-0.4, -0.2) is 32.7 Å². The zero-order chi connectivity index (χ0) is 18.7. The number of anilines is 1. The van der Waals surface area contributed by atoms with Gasteiger partial charge in [-0.1, -0.05) is 44.2 Å². The molecular weight excluding hydrogens is 324 g/mol. The number of amides is 1. The van der Waals surface area contributed by atoms with Gasteiger partial charge in [0, 0.05) is 12.5 Å². The fourth-order valence-corrected chi connectivity index (χ4v) is 2.58. The number of rotatable bonds is 5. The first kappa shape index (κ1) is 18.2. The highest BCUT2D eigenvalue weighted by molar-refractivity contribution is 5.92. The van der Waals surface area contributed by atoms with Gasteiger partial charge in [-0.2, -0.15) is 4.68 Å². The van der Waals surface area contributed by atoms with Gasteiger partial charge in [0.2, 0.25) is 5.91 Å². The van der Waals surface area contributed by atoms with Gasteiger partial charge in [-0.15, -0.1) is 0 Å². The lowest BCUT2D eigenvalue weighted by atomic mass is 10.0. The van der Waals surface area contributed by atoms with Crippen molar-refractivity contribution in [3.8, 4) is 11.4 Å². The number of benzene rings is 1. The van der Waals surface area contributed by atoms with Gasteiger partial charge in [-0.05, 0) is 5.92 Å². The van der Waals surface area contributed by atoms with E-state index in [0.717, 1.165) is 9.69 Å². The average molecular weight is 344 g/mol. The van der Waals surface area contributed by atoms with Crippen LogP contribution in [0.2, 0.25) is 0 Å². The Morgan fingerprint density at radius 1 is 1.24 bits per heavy atom. The van der Waals surface area contributed by atoms with Crippen LogP contribution < -0.4 is 16.3 Å². The SMILES string of the molecule is CC(=O)N([C@H](C(=O)O)C(C)C)n1c(-c2ccccc2)ncc(N)c1=O. The molecular formula is C17H20N4O4. The predicted molar refractivity (Wildman–Crippen MR) is 93.5 cm³/mol. The minimum absolute atomic E-state index is 0.141. The highest BCUT2D eigenvalue weighted by Crippen LogP contribution is 2.19. The molecule has 0 saturated heterocycles. The summed E-state index contributed by atoms with van der Waals surface area (Å²) in [4.78, 5) is 40.9. The van der Waals surface area contributed by atoms with Crippen molar-refractivity contribution in [1.82, 2.24) is 9.66 Å². The van der Waals surface area contributed by atoms with Crippen LogP contribution >= 0.6 is 0 Å². The lowest BCUT2D eigenvalue weighted by molar-refractivity contribution is -0.142. The number of nitrogens with two attached hydrogens (primary N) is 1. The van der Waals surface area contributed by atoms with Gasteiger partial charge in [-0.3, -0.25) is 9.59 Å². The van der Waals surface area contributed by atoms with E-state index >= 15 is 0 Å². The Morgan fingerprint density at radius 2 is 1.84 bits per heavy atom. The molecule has 0 spiro atoms. The minimum atomic E-state index is -1.25. The third kappa shape index (κ3) is 3.52. The Balaban J connectivity index is 2.81. The molecule has 8 heteroatoms. The number of nitrogen functional groups attached to an aromatic ring is 1. The number of carboxylic acid groups (broad SMARTS) is 1. The molecule has 1 atom stereocenters. The zero-order valence-electron chi connectivity index (χ0n) is 14.2.